The average Bonchev–Trinajstić information content (AvgIpc) is 2.47. The van der Waals surface area contributed by atoms with Gasteiger partial charge in [-0.3, -0.25) is 9.59 Å². The second kappa shape index (κ2) is 7.92. The minimum atomic E-state index is -1.36. The molecule has 1 aromatic rings. The van der Waals surface area contributed by atoms with Crippen LogP contribution in [-0.2, 0) is 14.3 Å². The van der Waals surface area contributed by atoms with Crippen molar-refractivity contribution in [2.45, 2.75) is 40.5 Å². The van der Waals surface area contributed by atoms with Gasteiger partial charge < -0.3 is 9.47 Å². The first-order valence-electron chi connectivity index (χ1n) is 7.50. The lowest BCUT2D eigenvalue weighted by atomic mass is 9.82. The van der Waals surface area contributed by atoms with Crippen molar-refractivity contribution in [1.82, 2.24) is 0 Å². The Hall–Kier alpha value is -1.91. The third-order valence-electron chi connectivity index (χ3n) is 3.54. The predicted octanol–water partition coefficient (Wildman–Crippen LogP) is 3.74. The molecule has 0 amide bonds. The number of ether oxygens (including phenoxy) is 2. The topological polar surface area (TPSA) is 52.6 Å². The second-order valence-electron chi connectivity index (χ2n) is 5.63. The monoisotopic (exact) mass is 310 g/mol. The molecule has 0 aliphatic heterocycles. The van der Waals surface area contributed by atoms with Crippen LogP contribution in [0.3, 0.4) is 0 Å². The minimum absolute atomic E-state index is 0.0768. The van der Waals surface area contributed by atoms with E-state index in [4.69, 9.17) is 9.47 Å². The lowest BCUT2D eigenvalue weighted by molar-refractivity contribution is -0.168. The molecule has 0 aliphatic carbocycles. The van der Waals surface area contributed by atoms with Crippen LogP contribution in [0.1, 0.15) is 40.5 Å². The van der Waals surface area contributed by atoms with Gasteiger partial charge in [-0.05, 0) is 30.9 Å². The fourth-order valence-electron chi connectivity index (χ4n) is 2.03. The molecule has 22 heavy (non-hydrogen) atoms. The minimum Gasteiger partial charge on any atom is -0.465 e. The van der Waals surface area contributed by atoms with Gasteiger partial charge in [0.15, 0.2) is 5.41 Å². The number of rotatable bonds is 7. The molecule has 122 valence electrons. The average molecular weight is 310 g/mol. The van der Waals surface area contributed by atoms with Crippen molar-refractivity contribution in [3.63, 3.8) is 0 Å². The van der Waals surface area contributed by atoms with E-state index in [1.165, 1.54) is 18.2 Å². The number of halogens is 1. The van der Waals surface area contributed by atoms with Crippen molar-refractivity contribution >= 4 is 11.9 Å². The molecule has 0 aliphatic rings. The lowest BCUT2D eigenvalue weighted by Crippen LogP contribution is -2.43. The summed E-state index contributed by atoms with van der Waals surface area (Å²) in [6.45, 7) is 7.53. The normalized spacial score (nSPS) is 11.4. The molecule has 0 radical (unpaired) electrons. The van der Waals surface area contributed by atoms with Crippen LogP contribution in [0.4, 0.5) is 4.39 Å². The first-order chi connectivity index (χ1) is 10.4. The van der Waals surface area contributed by atoms with E-state index in [1.807, 2.05) is 13.8 Å². The van der Waals surface area contributed by atoms with Gasteiger partial charge in [0, 0.05) is 6.07 Å². The maximum atomic E-state index is 13.2. The quantitative estimate of drug-likeness (QED) is 0.437. The Balaban J connectivity index is 2.92. The van der Waals surface area contributed by atoms with E-state index in [1.54, 1.807) is 13.8 Å². The van der Waals surface area contributed by atoms with Gasteiger partial charge in [0.1, 0.15) is 11.6 Å². The Morgan fingerprint density at radius 1 is 1.18 bits per heavy atom. The van der Waals surface area contributed by atoms with Gasteiger partial charge in [-0.2, -0.15) is 0 Å². The van der Waals surface area contributed by atoms with E-state index in [9.17, 15) is 14.0 Å². The van der Waals surface area contributed by atoms with E-state index in [-0.39, 0.29) is 31.1 Å². The largest absolute Gasteiger partial charge is 0.465 e. The summed E-state index contributed by atoms with van der Waals surface area (Å²) >= 11 is 0. The number of hydrogen-bond acceptors (Lipinski definition) is 4. The van der Waals surface area contributed by atoms with Crippen molar-refractivity contribution in [2.24, 2.45) is 11.3 Å². The predicted molar refractivity (Wildman–Crippen MR) is 80.8 cm³/mol. The first kappa shape index (κ1) is 18.1. The number of carbonyl (C=O) groups is 2. The van der Waals surface area contributed by atoms with Gasteiger partial charge >= 0.3 is 11.9 Å². The smallest absolute Gasteiger partial charge is 0.328 e. The number of benzene rings is 1. The summed E-state index contributed by atoms with van der Waals surface area (Å²) in [5.41, 5.74) is -1.36. The summed E-state index contributed by atoms with van der Waals surface area (Å²) in [5, 5.41) is 0. The molecule has 0 N–H and O–H groups in total. The Morgan fingerprint density at radius 3 is 2.32 bits per heavy atom. The Kier molecular flexibility index (Phi) is 6.53. The molecule has 0 unspecified atom stereocenters. The molecule has 0 aromatic heterocycles. The summed E-state index contributed by atoms with van der Waals surface area (Å²) in [6.07, 6.45) is 0.517. The van der Waals surface area contributed by atoms with E-state index in [0.717, 1.165) is 6.07 Å². The second-order valence-corrected chi connectivity index (χ2v) is 5.63. The van der Waals surface area contributed by atoms with Crippen LogP contribution in [0.2, 0.25) is 0 Å². The molecular weight excluding hydrogens is 287 g/mol. The van der Waals surface area contributed by atoms with Crippen LogP contribution < -0.4 is 4.74 Å². The van der Waals surface area contributed by atoms with E-state index >= 15 is 0 Å². The third kappa shape index (κ3) is 4.29. The third-order valence-corrected chi connectivity index (χ3v) is 3.54. The van der Waals surface area contributed by atoms with Gasteiger partial charge in [0.2, 0.25) is 0 Å². The van der Waals surface area contributed by atoms with Crippen molar-refractivity contribution in [1.29, 1.82) is 0 Å². The Bertz CT molecular complexity index is 521. The lowest BCUT2D eigenvalue weighted by Gasteiger charge is -2.27. The highest BCUT2D eigenvalue weighted by Gasteiger charge is 2.46. The molecule has 0 saturated heterocycles. The summed E-state index contributed by atoms with van der Waals surface area (Å²) in [7, 11) is 0. The number of esters is 2. The van der Waals surface area contributed by atoms with Gasteiger partial charge in [0.05, 0.1) is 6.61 Å². The molecular formula is C17H23FO4. The molecule has 0 bridgehead atoms. The zero-order valence-electron chi connectivity index (χ0n) is 13.5. The van der Waals surface area contributed by atoms with Crippen molar-refractivity contribution in [3.05, 3.63) is 30.1 Å². The highest BCUT2D eigenvalue weighted by atomic mass is 19.1. The summed E-state index contributed by atoms with van der Waals surface area (Å²) in [6, 6.07) is 5.26. The first-order valence-corrected chi connectivity index (χ1v) is 7.50. The molecule has 4 nitrogen and oxygen atoms in total. The van der Waals surface area contributed by atoms with Crippen LogP contribution in [0.25, 0.3) is 0 Å². The standard InChI is InChI=1S/C17H23FO4/c1-5-17(6-2,15(19)21-11-12(3)4)16(20)22-14-9-7-8-13(18)10-14/h7-10,12H,5-6,11H2,1-4H3. The Labute approximate surface area is 130 Å². The molecule has 0 saturated carbocycles. The summed E-state index contributed by atoms with van der Waals surface area (Å²) in [4.78, 5) is 24.8. The van der Waals surface area contributed by atoms with E-state index in [2.05, 4.69) is 0 Å². The molecule has 0 spiro atoms. The fourth-order valence-corrected chi connectivity index (χ4v) is 2.03. The van der Waals surface area contributed by atoms with Crippen molar-refractivity contribution in [3.8, 4) is 5.75 Å². The zero-order valence-corrected chi connectivity index (χ0v) is 13.5. The summed E-state index contributed by atoms with van der Waals surface area (Å²) in [5.74, 6) is -1.56. The van der Waals surface area contributed by atoms with Crippen LogP contribution >= 0.6 is 0 Å². The Morgan fingerprint density at radius 2 is 1.82 bits per heavy atom. The zero-order chi connectivity index (χ0) is 16.8. The molecule has 0 fully saturated rings. The fraction of sp³-hybridized carbons (Fsp3) is 0.529. The molecule has 1 aromatic carbocycles. The molecule has 5 heteroatoms. The number of hydrogen-bond donors (Lipinski definition) is 0. The van der Waals surface area contributed by atoms with Gasteiger partial charge in [-0.25, -0.2) is 4.39 Å². The highest BCUT2D eigenvalue weighted by molar-refractivity contribution is 6.00. The van der Waals surface area contributed by atoms with Crippen LogP contribution in [0, 0.1) is 17.2 Å². The maximum Gasteiger partial charge on any atom is 0.328 e. The van der Waals surface area contributed by atoms with E-state index < -0.39 is 23.2 Å². The molecule has 0 atom stereocenters. The van der Waals surface area contributed by atoms with Gasteiger partial charge in [0.25, 0.3) is 0 Å². The van der Waals surface area contributed by atoms with Gasteiger partial charge in [-0.15, -0.1) is 0 Å². The van der Waals surface area contributed by atoms with Crippen LogP contribution in [0.15, 0.2) is 24.3 Å². The van der Waals surface area contributed by atoms with Crippen LogP contribution in [0.5, 0.6) is 5.75 Å². The van der Waals surface area contributed by atoms with Crippen LogP contribution in [-0.4, -0.2) is 18.5 Å². The summed E-state index contributed by atoms with van der Waals surface area (Å²) < 4.78 is 23.6. The van der Waals surface area contributed by atoms with E-state index in [0.29, 0.717) is 0 Å². The molecule has 0 heterocycles. The number of carbonyl (C=O) groups excluding carboxylic acids is 2. The maximum absolute atomic E-state index is 13.2. The SMILES string of the molecule is CCC(CC)(C(=O)OCC(C)C)C(=O)Oc1cccc(F)c1. The molecule has 1 rings (SSSR count). The van der Waals surface area contributed by atoms with Crippen molar-refractivity contribution in [2.75, 3.05) is 6.61 Å². The highest BCUT2D eigenvalue weighted by Crippen LogP contribution is 2.31. The van der Waals surface area contributed by atoms with Crippen molar-refractivity contribution < 1.29 is 23.5 Å². The van der Waals surface area contributed by atoms with Gasteiger partial charge in [-0.1, -0.05) is 33.8 Å².